The van der Waals surface area contributed by atoms with Crippen LogP contribution < -0.4 is 5.32 Å². The Balaban J connectivity index is 1.75. The van der Waals surface area contributed by atoms with Crippen molar-refractivity contribution >= 4 is 10.8 Å². The Kier molecular flexibility index (Phi) is 2.99. The summed E-state index contributed by atoms with van der Waals surface area (Å²) in [4.78, 5) is 4.34. The first-order valence-electron chi connectivity index (χ1n) is 7.96. The summed E-state index contributed by atoms with van der Waals surface area (Å²) in [5.41, 5.74) is 1.46. The molecule has 104 valence electrons. The SMILES string of the molecule is CCNC(c1cccc2ccncc12)C1C2CCCC21. The molecule has 2 aromatic rings. The molecule has 1 aromatic heterocycles. The average molecular weight is 266 g/mol. The van der Waals surface area contributed by atoms with Crippen LogP contribution in [0.15, 0.2) is 36.7 Å². The lowest BCUT2D eigenvalue weighted by Crippen LogP contribution is -2.24. The highest BCUT2D eigenvalue weighted by Gasteiger charge is 2.56. The van der Waals surface area contributed by atoms with Crippen molar-refractivity contribution in [2.24, 2.45) is 17.8 Å². The van der Waals surface area contributed by atoms with E-state index >= 15 is 0 Å². The summed E-state index contributed by atoms with van der Waals surface area (Å²) in [7, 11) is 0. The summed E-state index contributed by atoms with van der Waals surface area (Å²) in [6, 6.07) is 9.32. The molecule has 2 aliphatic carbocycles. The van der Waals surface area contributed by atoms with Crippen LogP contribution in [0.2, 0.25) is 0 Å². The van der Waals surface area contributed by atoms with E-state index in [1.165, 1.54) is 35.6 Å². The van der Waals surface area contributed by atoms with Crippen molar-refractivity contribution in [3.05, 3.63) is 42.2 Å². The number of rotatable bonds is 4. The van der Waals surface area contributed by atoms with E-state index in [-0.39, 0.29) is 0 Å². The van der Waals surface area contributed by atoms with E-state index in [1.807, 2.05) is 12.4 Å². The average Bonchev–Trinajstić information content (AvgIpc) is 2.95. The second kappa shape index (κ2) is 4.85. The molecular formula is C18H22N2. The predicted octanol–water partition coefficient (Wildman–Crippen LogP) is 3.93. The Bertz CT molecular complexity index is 606. The number of nitrogens with one attached hydrogen (secondary N) is 1. The molecule has 4 rings (SSSR count). The van der Waals surface area contributed by atoms with Crippen LogP contribution in [-0.4, -0.2) is 11.5 Å². The van der Waals surface area contributed by atoms with Gasteiger partial charge in [-0.05, 0) is 54.2 Å². The van der Waals surface area contributed by atoms with E-state index in [2.05, 4.69) is 41.5 Å². The molecule has 20 heavy (non-hydrogen) atoms. The second-order valence-corrected chi connectivity index (χ2v) is 6.32. The molecule has 3 unspecified atom stereocenters. The van der Waals surface area contributed by atoms with Gasteiger partial charge in [-0.15, -0.1) is 0 Å². The molecule has 0 amide bonds. The molecule has 1 heterocycles. The van der Waals surface area contributed by atoms with Crippen LogP contribution in [0.25, 0.3) is 10.8 Å². The van der Waals surface area contributed by atoms with Crippen molar-refractivity contribution in [3.8, 4) is 0 Å². The number of aromatic nitrogens is 1. The molecule has 1 N–H and O–H groups in total. The molecule has 0 bridgehead atoms. The third kappa shape index (κ3) is 1.86. The van der Waals surface area contributed by atoms with Crippen molar-refractivity contribution in [2.75, 3.05) is 6.54 Å². The van der Waals surface area contributed by atoms with Gasteiger partial charge < -0.3 is 5.32 Å². The Morgan fingerprint density at radius 1 is 1.25 bits per heavy atom. The number of nitrogens with zero attached hydrogens (tertiary/aromatic N) is 1. The molecule has 1 aromatic carbocycles. The number of benzene rings is 1. The monoisotopic (exact) mass is 266 g/mol. The Hall–Kier alpha value is -1.41. The summed E-state index contributed by atoms with van der Waals surface area (Å²) in [5.74, 6) is 2.81. The van der Waals surface area contributed by atoms with Gasteiger partial charge in [-0.3, -0.25) is 4.98 Å². The molecule has 0 aliphatic heterocycles. The first kappa shape index (κ1) is 12.3. The van der Waals surface area contributed by atoms with Gasteiger partial charge in [0.2, 0.25) is 0 Å². The third-order valence-corrected chi connectivity index (χ3v) is 5.33. The van der Waals surface area contributed by atoms with Gasteiger partial charge in [0.05, 0.1) is 0 Å². The van der Waals surface area contributed by atoms with Gasteiger partial charge in [0.1, 0.15) is 0 Å². The molecule has 2 nitrogen and oxygen atoms in total. The first-order valence-corrected chi connectivity index (χ1v) is 7.96. The van der Waals surface area contributed by atoms with Gasteiger partial charge in [0.15, 0.2) is 0 Å². The van der Waals surface area contributed by atoms with E-state index in [0.29, 0.717) is 6.04 Å². The topological polar surface area (TPSA) is 24.9 Å². The maximum absolute atomic E-state index is 4.34. The highest BCUT2D eigenvalue weighted by atomic mass is 14.9. The van der Waals surface area contributed by atoms with Crippen LogP contribution in [0.3, 0.4) is 0 Å². The van der Waals surface area contributed by atoms with Crippen molar-refractivity contribution in [3.63, 3.8) is 0 Å². The normalized spacial score (nSPS) is 29.4. The zero-order valence-corrected chi connectivity index (χ0v) is 12.0. The van der Waals surface area contributed by atoms with Crippen LogP contribution in [0.4, 0.5) is 0 Å². The molecule has 0 radical (unpaired) electrons. The maximum Gasteiger partial charge on any atom is 0.0360 e. The van der Waals surface area contributed by atoms with E-state index in [1.54, 1.807) is 0 Å². The van der Waals surface area contributed by atoms with Crippen molar-refractivity contribution in [1.82, 2.24) is 10.3 Å². The minimum absolute atomic E-state index is 0.517. The van der Waals surface area contributed by atoms with E-state index in [4.69, 9.17) is 0 Å². The lowest BCUT2D eigenvalue weighted by atomic mass is 9.93. The van der Waals surface area contributed by atoms with Gasteiger partial charge >= 0.3 is 0 Å². The van der Waals surface area contributed by atoms with Crippen LogP contribution >= 0.6 is 0 Å². The fourth-order valence-electron chi connectivity index (χ4n) is 4.45. The highest BCUT2D eigenvalue weighted by molar-refractivity contribution is 5.85. The fourth-order valence-corrected chi connectivity index (χ4v) is 4.45. The molecule has 2 saturated carbocycles. The largest absolute Gasteiger partial charge is 0.310 e. The van der Waals surface area contributed by atoms with E-state index in [9.17, 15) is 0 Å². The van der Waals surface area contributed by atoms with Gasteiger partial charge in [-0.1, -0.05) is 31.5 Å². The quantitative estimate of drug-likeness (QED) is 0.907. The number of pyridine rings is 1. The Morgan fingerprint density at radius 3 is 2.90 bits per heavy atom. The maximum atomic E-state index is 4.34. The smallest absolute Gasteiger partial charge is 0.0360 e. The molecule has 2 fully saturated rings. The minimum Gasteiger partial charge on any atom is -0.310 e. The van der Waals surface area contributed by atoms with Gasteiger partial charge in [0, 0.05) is 23.8 Å². The standard InChI is InChI=1S/C18H22N2/c1-2-20-18(17-13-6-4-7-14(13)17)15-8-3-5-12-9-10-19-11-16(12)15/h3,5,8-11,13-14,17-18,20H,2,4,6-7H2,1H3. The molecule has 3 atom stereocenters. The van der Waals surface area contributed by atoms with Crippen LogP contribution in [0.1, 0.15) is 37.8 Å². The summed E-state index contributed by atoms with van der Waals surface area (Å²) >= 11 is 0. The zero-order valence-electron chi connectivity index (χ0n) is 12.0. The lowest BCUT2D eigenvalue weighted by Gasteiger charge is -2.22. The van der Waals surface area contributed by atoms with Crippen LogP contribution in [-0.2, 0) is 0 Å². The third-order valence-electron chi connectivity index (χ3n) is 5.33. The number of hydrogen-bond acceptors (Lipinski definition) is 2. The molecule has 2 aliphatic rings. The number of hydrogen-bond donors (Lipinski definition) is 1. The lowest BCUT2D eigenvalue weighted by molar-refractivity contribution is 0.428. The first-order chi connectivity index (χ1) is 9.90. The Morgan fingerprint density at radius 2 is 2.10 bits per heavy atom. The Labute approximate surface area is 120 Å². The van der Waals surface area contributed by atoms with Crippen LogP contribution in [0.5, 0.6) is 0 Å². The predicted molar refractivity (Wildman–Crippen MR) is 82.5 cm³/mol. The summed E-state index contributed by atoms with van der Waals surface area (Å²) in [6.45, 7) is 3.26. The van der Waals surface area contributed by atoms with E-state index < -0.39 is 0 Å². The van der Waals surface area contributed by atoms with Crippen molar-refractivity contribution in [2.45, 2.75) is 32.2 Å². The summed E-state index contributed by atoms with van der Waals surface area (Å²) in [5, 5.41) is 6.39. The van der Waals surface area contributed by atoms with Gasteiger partial charge in [0.25, 0.3) is 0 Å². The highest BCUT2D eigenvalue weighted by Crippen LogP contribution is 2.62. The van der Waals surface area contributed by atoms with Crippen molar-refractivity contribution < 1.29 is 0 Å². The van der Waals surface area contributed by atoms with Crippen LogP contribution in [0, 0.1) is 17.8 Å². The molecule has 0 saturated heterocycles. The minimum atomic E-state index is 0.517. The van der Waals surface area contributed by atoms with Gasteiger partial charge in [-0.2, -0.15) is 0 Å². The fraction of sp³-hybridized carbons (Fsp3) is 0.500. The molecule has 2 heteroatoms. The summed E-state index contributed by atoms with van der Waals surface area (Å²) < 4.78 is 0. The number of fused-ring (bicyclic) bond motifs is 2. The molecule has 0 spiro atoms. The van der Waals surface area contributed by atoms with E-state index in [0.717, 1.165) is 24.3 Å². The zero-order chi connectivity index (χ0) is 13.5. The summed E-state index contributed by atoms with van der Waals surface area (Å²) in [6.07, 6.45) is 8.26. The second-order valence-electron chi connectivity index (χ2n) is 6.32. The molecular weight excluding hydrogens is 244 g/mol. The van der Waals surface area contributed by atoms with Crippen molar-refractivity contribution in [1.29, 1.82) is 0 Å². The van der Waals surface area contributed by atoms with Gasteiger partial charge in [-0.25, -0.2) is 0 Å².